The Kier molecular flexibility index (Phi) is 4.30. The number of nitro benzene ring substituents is 1. The molecule has 0 bridgehead atoms. The van der Waals surface area contributed by atoms with Crippen molar-refractivity contribution in [2.75, 3.05) is 5.32 Å². The Morgan fingerprint density at radius 1 is 1.37 bits per heavy atom. The molecule has 0 amide bonds. The maximum absolute atomic E-state index is 10.9. The van der Waals surface area contributed by atoms with Gasteiger partial charge in [0.1, 0.15) is 5.02 Å². The molecular formula is C14H19ClN2O2. The van der Waals surface area contributed by atoms with Gasteiger partial charge in [0, 0.05) is 17.8 Å². The van der Waals surface area contributed by atoms with Gasteiger partial charge < -0.3 is 5.32 Å². The maximum Gasteiger partial charge on any atom is 0.289 e. The van der Waals surface area contributed by atoms with Crippen molar-refractivity contribution in [3.8, 4) is 0 Å². The SMILES string of the molecule is CC1CCC(Nc2ccc(Cl)c([N+](=O)[O-])c2)C(C)C1. The molecule has 0 heterocycles. The van der Waals surface area contributed by atoms with Crippen molar-refractivity contribution in [2.24, 2.45) is 11.8 Å². The Balaban J connectivity index is 2.11. The van der Waals surface area contributed by atoms with Crippen LogP contribution in [0, 0.1) is 22.0 Å². The van der Waals surface area contributed by atoms with Crippen molar-refractivity contribution in [2.45, 2.75) is 39.2 Å². The fraction of sp³-hybridized carbons (Fsp3) is 0.571. The van der Waals surface area contributed by atoms with Gasteiger partial charge in [0.15, 0.2) is 0 Å². The van der Waals surface area contributed by atoms with Gasteiger partial charge in [-0.15, -0.1) is 0 Å². The smallest absolute Gasteiger partial charge is 0.289 e. The molecule has 4 nitrogen and oxygen atoms in total. The third-order valence-corrected chi connectivity index (χ3v) is 4.25. The van der Waals surface area contributed by atoms with Crippen molar-refractivity contribution >= 4 is 23.0 Å². The first-order chi connectivity index (χ1) is 8.97. The summed E-state index contributed by atoms with van der Waals surface area (Å²) in [7, 11) is 0. The molecule has 3 unspecified atom stereocenters. The Bertz CT molecular complexity index is 479. The molecule has 0 aliphatic heterocycles. The second kappa shape index (κ2) is 5.78. The summed E-state index contributed by atoms with van der Waals surface area (Å²) in [6.45, 7) is 4.51. The summed E-state index contributed by atoms with van der Waals surface area (Å²) in [5, 5.41) is 14.5. The van der Waals surface area contributed by atoms with Gasteiger partial charge in [-0.05, 0) is 43.2 Å². The zero-order valence-electron chi connectivity index (χ0n) is 11.2. The largest absolute Gasteiger partial charge is 0.382 e. The van der Waals surface area contributed by atoms with Gasteiger partial charge in [-0.1, -0.05) is 25.4 Å². The zero-order chi connectivity index (χ0) is 14.0. The van der Waals surface area contributed by atoms with Crippen molar-refractivity contribution in [3.63, 3.8) is 0 Å². The normalized spacial score (nSPS) is 27.0. The number of nitrogens with one attached hydrogen (secondary N) is 1. The lowest BCUT2D eigenvalue weighted by Gasteiger charge is -2.33. The fourth-order valence-electron chi connectivity index (χ4n) is 2.84. The van der Waals surface area contributed by atoms with Crippen LogP contribution in [0.2, 0.25) is 5.02 Å². The monoisotopic (exact) mass is 282 g/mol. The highest BCUT2D eigenvalue weighted by molar-refractivity contribution is 6.32. The summed E-state index contributed by atoms with van der Waals surface area (Å²) in [5.74, 6) is 1.35. The summed E-state index contributed by atoms with van der Waals surface area (Å²) in [5.41, 5.74) is 0.742. The molecule has 0 aromatic heterocycles. The van der Waals surface area contributed by atoms with Crippen molar-refractivity contribution in [1.82, 2.24) is 0 Å². The van der Waals surface area contributed by atoms with Gasteiger partial charge in [-0.2, -0.15) is 0 Å². The van der Waals surface area contributed by atoms with Crippen LogP contribution >= 0.6 is 11.6 Å². The van der Waals surface area contributed by atoms with Crippen LogP contribution in [-0.4, -0.2) is 11.0 Å². The van der Waals surface area contributed by atoms with E-state index in [1.165, 1.54) is 18.9 Å². The van der Waals surface area contributed by atoms with E-state index in [9.17, 15) is 10.1 Å². The minimum Gasteiger partial charge on any atom is -0.382 e. The molecule has 1 aliphatic carbocycles. The molecule has 3 atom stereocenters. The first-order valence-corrected chi connectivity index (χ1v) is 7.05. The van der Waals surface area contributed by atoms with E-state index in [4.69, 9.17) is 11.6 Å². The van der Waals surface area contributed by atoms with Gasteiger partial charge in [-0.25, -0.2) is 0 Å². The zero-order valence-corrected chi connectivity index (χ0v) is 12.0. The molecule has 104 valence electrons. The molecule has 2 rings (SSSR count). The predicted molar refractivity (Wildman–Crippen MR) is 77.7 cm³/mol. The van der Waals surface area contributed by atoms with Crippen LogP contribution in [0.1, 0.15) is 33.1 Å². The molecule has 1 aromatic carbocycles. The number of rotatable bonds is 3. The summed E-state index contributed by atoms with van der Waals surface area (Å²) in [4.78, 5) is 10.4. The number of halogens is 1. The third-order valence-electron chi connectivity index (χ3n) is 3.93. The van der Waals surface area contributed by atoms with Crippen LogP contribution in [0.15, 0.2) is 18.2 Å². The second-order valence-corrected chi connectivity index (χ2v) is 5.98. The standard InChI is InChI=1S/C14H19ClN2O2/c1-9-3-6-13(10(2)7-9)16-11-4-5-12(15)14(8-11)17(18)19/h4-5,8-10,13,16H,3,6-7H2,1-2H3. The van der Waals surface area contributed by atoms with Crippen molar-refractivity contribution in [3.05, 3.63) is 33.3 Å². The Morgan fingerprint density at radius 3 is 2.74 bits per heavy atom. The van der Waals surface area contributed by atoms with E-state index in [0.717, 1.165) is 18.0 Å². The summed E-state index contributed by atoms with van der Waals surface area (Å²) >= 11 is 5.81. The van der Waals surface area contributed by atoms with E-state index in [1.54, 1.807) is 12.1 Å². The van der Waals surface area contributed by atoms with Crippen LogP contribution in [0.3, 0.4) is 0 Å². The minimum absolute atomic E-state index is 0.0384. The van der Waals surface area contributed by atoms with Crippen LogP contribution in [0.25, 0.3) is 0 Å². The first-order valence-electron chi connectivity index (χ1n) is 6.68. The van der Waals surface area contributed by atoms with E-state index in [1.807, 2.05) is 0 Å². The highest BCUT2D eigenvalue weighted by Crippen LogP contribution is 2.33. The van der Waals surface area contributed by atoms with E-state index in [0.29, 0.717) is 12.0 Å². The Hall–Kier alpha value is -1.29. The molecule has 1 aliphatic rings. The Labute approximate surface area is 118 Å². The fourth-order valence-corrected chi connectivity index (χ4v) is 3.02. The van der Waals surface area contributed by atoms with Gasteiger partial charge in [0.05, 0.1) is 4.92 Å². The van der Waals surface area contributed by atoms with E-state index in [-0.39, 0.29) is 10.7 Å². The first kappa shape index (κ1) is 14.1. The molecule has 0 saturated heterocycles. The third kappa shape index (κ3) is 3.38. The molecule has 1 saturated carbocycles. The lowest BCUT2D eigenvalue weighted by atomic mass is 9.80. The molecule has 19 heavy (non-hydrogen) atoms. The maximum atomic E-state index is 10.9. The molecule has 1 aromatic rings. The minimum atomic E-state index is -0.445. The van der Waals surface area contributed by atoms with Gasteiger partial charge in [0.25, 0.3) is 5.69 Å². The molecular weight excluding hydrogens is 264 g/mol. The highest BCUT2D eigenvalue weighted by atomic mass is 35.5. The number of hydrogen-bond donors (Lipinski definition) is 1. The molecule has 0 radical (unpaired) electrons. The van der Waals surface area contributed by atoms with Crippen LogP contribution in [-0.2, 0) is 0 Å². The lowest BCUT2D eigenvalue weighted by Crippen LogP contribution is -2.32. The second-order valence-electron chi connectivity index (χ2n) is 5.57. The highest BCUT2D eigenvalue weighted by Gasteiger charge is 2.25. The topological polar surface area (TPSA) is 55.2 Å². The quantitative estimate of drug-likeness (QED) is 0.657. The number of nitrogens with zero attached hydrogens (tertiary/aromatic N) is 1. The molecule has 0 spiro atoms. The van der Waals surface area contributed by atoms with Crippen LogP contribution < -0.4 is 5.32 Å². The van der Waals surface area contributed by atoms with Gasteiger partial charge >= 0.3 is 0 Å². The average Bonchev–Trinajstić information content (AvgIpc) is 2.34. The van der Waals surface area contributed by atoms with Crippen LogP contribution in [0.5, 0.6) is 0 Å². The Morgan fingerprint density at radius 2 is 2.11 bits per heavy atom. The van der Waals surface area contributed by atoms with Crippen LogP contribution in [0.4, 0.5) is 11.4 Å². The van der Waals surface area contributed by atoms with Crippen molar-refractivity contribution < 1.29 is 4.92 Å². The number of hydrogen-bond acceptors (Lipinski definition) is 3. The summed E-state index contributed by atoms with van der Waals surface area (Å²) < 4.78 is 0. The van der Waals surface area contributed by atoms with Crippen molar-refractivity contribution in [1.29, 1.82) is 0 Å². The molecule has 1 N–H and O–H groups in total. The number of nitro groups is 1. The molecule has 1 fully saturated rings. The van der Waals surface area contributed by atoms with E-state index in [2.05, 4.69) is 19.2 Å². The average molecular weight is 283 g/mol. The summed E-state index contributed by atoms with van der Waals surface area (Å²) in [6, 6.07) is 5.29. The van der Waals surface area contributed by atoms with E-state index >= 15 is 0 Å². The lowest BCUT2D eigenvalue weighted by molar-refractivity contribution is -0.384. The predicted octanol–water partition coefficient (Wildman–Crippen LogP) is 4.48. The van der Waals surface area contributed by atoms with Gasteiger partial charge in [0.2, 0.25) is 0 Å². The van der Waals surface area contributed by atoms with E-state index < -0.39 is 4.92 Å². The number of anilines is 1. The number of benzene rings is 1. The molecule has 5 heteroatoms. The van der Waals surface area contributed by atoms with Gasteiger partial charge in [-0.3, -0.25) is 10.1 Å². The summed E-state index contributed by atoms with van der Waals surface area (Å²) in [6.07, 6.45) is 3.52.